The normalized spacial score (nSPS) is 10.9. The number of benzene rings is 1. The van der Waals surface area contributed by atoms with Gasteiger partial charge in [0.25, 0.3) is 0 Å². The van der Waals surface area contributed by atoms with E-state index in [4.69, 9.17) is 10.00 Å². The highest BCUT2D eigenvalue weighted by atomic mass is 16.5. The lowest BCUT2D eigenvalue weighted by Crippen LogP contribution is -2.24. The zero-order valence-electron chi connectivity index (χ0n) is 13.3. The molecule has 1 aromatic heterocycles. The van der Waals surface area contributed by atoms with Gasteiger partial charge in [0.15, 0.2) is 11.5 Å². The molecule has 0 saturated heterocycles. The Morgan fingerprint density at radius 2 is 1.95 bits per heavy atom. The number of rotatable bonds is 4. The van der Waals surface area contributed by atoms with Gasteiger partial charge in [0.2, 0.25) is 0 Å². The van der Waals surface area contributed by atoms with Gasteiger partial charge in [-0.3, -0.25) is 0 Å². The number of hydrogen-bond acceptors (Lipinski definition) is 5. The van der Waals surface area contributed by atoms with Gasteiger partial charge in [-0.15, -0.1) is 0 Å². The third kappa shape index (κ3) is 4.19. The fourth-order valence-corrected chi connectivity index (χ4v) is 1.96. The summed E-state index contributed by atoms with van der Waals surface area (Å²) >= 11 is 0. The summed E-state index contributed by atoms with van der Waals surface area (Å²) in [5.41, 5.74) is 2.16. The van der Waals surface area contributed by atoms with Crippen molar-refractivity contribution in [3.05, 3.63) is 47.4 Å². The van der Waals surface area contributed by atoms with Crippen molar-refractivity contribution in [2.45, 2.75) is 39.8 Å². The molecule has 0 atom stereocenters. The Balaban J connectivity index is 2.21. The number of nitrogens with zero attached hydrogens (tertiary/aromatic N) is 3. The predicted molar refractivity (Wildman–Crippen MR) is 85.6 cm³/mol. The summed E-state index contributed by atoms with van der Waals surface area (Å²) in [5, 5.41) is 12.2. The lowest BCUT2D eigenvalue weighted by atomic mass is 10.1. The highest BCUT2D eigenvalue weighted by molar-refractivity contribution is 5.48. The molecule has 22 heavy (non-hydrogen) atoms. The number of hydrogen-bond donors (Lipinski definition) is 1. The Morgan fingerprint density at radius 3 is 2.64 bits per heavy atom. The molecule has 0 aliphatic rings. The lowest BCUT2D eigenvalue weighted by Gasteiger charge is -2.24. The summed E-state index contributed by atoms with van der Waals surface area (Å²) in [4.78, 5) is 8.14. The molecule has 0 aliphatic heterocycles. The van der Waals surface area contributed by atoms with E-state index in [-0.39, 0.29) is 11.3 Å². The fourth-order valence-electron chi connectivity index (χ4n) is 1.96. The summed E-state index contributed by atoms with van der Waals surface area (Å²) in [5.74, 6) is 1.31. The molecule has 5 heteroatoms. The van der Waals surface area contributed by atoms with E-state index in [9.17, 15) is 0 Å². The molecule has 0 amide bonds. The summed E-state index contributed by atoms with van der Waals surface area (Å²) in [6.45, 7) is 8.59. The van der Waals surface area contributed by atoms with Crippen LogP contribution in [0.3, 0.4) is 0 Å². The van der Waals surface area contributed by atoms with E-state index in [0.717, 1.165) is 16.9 Å². The third-order valence-corrected chi connectivity index (χ3v) is 2.89. The Labute approximate surface area is 131 Å². The van der Waals surface area contributed by atoms with Crippen molar-refractivity contribution in [2.24, 2.45) is 0 Å². The molecule has 0 spiro atoms. The number of aryl methyl sites for hydroxylation is 1. The summed E-state index contributed by atoms with van der Waals surface area (Å²) in [6, 6.07) is 8.10. The fraction of sp³-hybridized carbons (Fsp3) is 0.353. The molecule has 0 radical (unpaired) electrons. The highest BCUT2D eigenvalue weighted by Crippen LogP contribution is 2.25. The number of ether oxygens (including phenoxy) is 1. The van der Waals surface area contributed by atoms with Gasteiger partial charge in [0.1, 0.15) is 17.4 Å². The van der Waals surface area contributed by atoms with E-state index in [1.807, 2.05) is 52.0 Å². The SMILES string of the molecule is Cc1ccc(CNc2nccnc2C#N)c(OC(C)(C)C)c1. The minimum Gasteiger partial charge on any atom is -0.488 e. The summed E-state index contributed by atoms with van der Waals surface area (Å²) in [7, 11) is 0. The number of aromatic nitrogens is 2. The van der Waals surface area contributed by atoms with E-state index >= 15 is 0 Å². The van der Waals surface area contributed by atoms with Gasteiger partial charge < -0.3 is 10.1 Å². The van der Waals surface area contributed by atoms with E-state index in [1.165, 1.54) is 6.20 Å². The van der Waals surface area contributed by atoms with Crippen LogP contribution in [0.25, 0.3) is 0 Å². The molecule has 1 heterocycles. The average molecular weight is 296 g/mol. The van der Waals surface area contributed by atoms with Gasteiger partial charge in [-0.25, -0.2) is 9.97 Å². The summed E-state index contributed by atoms with van der Waals surface area (Å²) < 4.78 is 6.02. The van der Waals surface area contributed by atoms with Gasteiger partial charge in [-0.2, -0.15) is 5.26 Å². The van der Waals surface area contributed by atoms with Crippen LogP contribution in [0, 0.1) is 18.3 Å². The van der Waals surface area contributed by atoms with Crippen molar-refractivity contribution < 1.29 is 4.74 Å². The van der Waals surface area contributed by atoms with Crippen LogP contribution in [0.2, 0.25) is 0 Å². The molecule has 1 N–H and O–H groups in total. The Bertz CT molecular complexity index is 699. The van der Waals surface area contributed by atoms with Crippen molar-refractivity contribution in [2.75, 3.05) is 5.32 Å². The van der Waals surface area contributed by atoms with Crippen molar-refractivity contribution in [1.82, 2.24) is 9.97 Å². The monoisotopic (exact) mass is 296 g/mol. The third-order valence-electron chi connectivity index (χ3n) is 2.89. The molecule has 1 aromatic carbocycles. The van der Waals surface area contributed by atoms with Crippen LogP contribution in [0.15, 0.2) is 30.6 Å². The summed E-state index contributed by atoms with van der Waals surface area (Å²) in [6.07, 6.45) is 3.06. The molecule has 2 aromatic rings. The first kappa shape index (κ1) is 15.8. The first-order chi connectivity index (χ1) is 10.4. The van der Waals surface area contributed by atoms with Crippen molar-refractivity contribution in [1.29, 1.82) is 5.26 Å². The number of anilines is 1. The maximum absolute atomic E-state index is 9.04. The van der Waals surface area contributed by atoms with Gasteiger partial charge in [-0.05, 0) is 39.3 Å². The molecular formula is C17H20N4O. The van der Waals surface area contributed by atoms with Crippen LogP contribution in [0.1, 0.15) is 37.6 Å². The van der Waals surface area contributed by atoms with Crippen LogP contribution in [-0.2, 0) is 6.54 Å². The lowest BCUT2D eigenvalue weighted by molar-refractivity contribution is 0.129. The van der Waals surface area contributed by atoms with Gasteiger partial charge in [0.05, 0.1) is 0 Å². The topological polar surface area (TPSA) is 70.8 Å². The van der Waals surface area contributed by atoms with Crippen LogP contribution in [-0.4, -0.2) is 15.6 Å². The van der Waals surface area contributed by atoms with E-state index < -0.39 is 0 Å². The first-order valence-corrected chi connectivity index (χ1v) is 7.12. The molecule has 0 fully saturated rings. The predicted octanol–water partition coefficient (Wildman–Crippen LogP) is 3.45. The Kier molecular flexibility index (Phi) is 4.62. The second-order valence-corrected chi connectivity index (χ2v) is 6.04. The zero-order chi connectivity index (χ0) is 16.2. The van der Waals surface area contributed by atoms with Crippen LogP contribution < -0.4 is 10.1 Å². The quantitative estimate of drug-likeness (QED) is 0.935. The highest BCUT2D eigenvalue weighted by Gasteiger charge is 2.15. The zero-order valence-corrected chi connectivity index (χ0v) is 13.3. The van der Waals surface area contributed by atoms with Crippen molar-refractivity contribution in [3.63, 3.8) is 0 Å². The smallest absolute Gasteiger partial charge is 0.182 e. The largest absolute Gasteiger partial charge is 0.488 e. The average Bonchev–Trinajstić information content (AvgIpc) is 2.45. The molecule has 0 unspecified atom stereocenters. The second-order valence-electron chi connectivity index (χ2n) is 6.04. The molecule has 0 saturated carbocycles. The maximum atomic E-state index is 9.04. The van der Waals surface area contributed by atoms with E-state index in [2.05, 4.69) is 15.3 Å². The van der Waals surface area contributed by atoms with Crippen LogP contribution in [0.5, 0.6) is 5.75 Å². The minimum atomic E-state index is -0.271. The molecule has 2 rings (SSSR count). The van der Waals surface area contributed by atoms with Gasteiger partial charge >= 0.3 is 0 Å². The maximum Gasteiger partial charge on any atom is 0.182 e. The van der Waals surface area contributed by atoms with Crippen LogP contribution in [0.4, 0.5) is 5.82 Å². The molecule has 0 bridgehead atoms. The standard InChI is InChI=1S/C17H20N4O/c1-12-5-6-13(15(9-12)22-17(2,3)4)11-21-16-14(10-18)19-7-8-20-16/h5-9H,11H2,1-4H3,(H,20,21). The molecule has 114 valence electrons. The van der Waals surface area contributed by atoms with E-state index in [1.54, 1.807) is 6.20 Å². The second kappa shape index (κ2) is 6.44. The van der Waals surface area contributed by atoms with E-state index in [0.29, 0.717) is 12.4 Å². The van der Waals surface area contributed by atoms with Crippen LogP contribution >= 0.6 is 0 Å². The van der Waals surface area contributed by atoms with Gasteiger partial charge in [-0.1, -0.05) is 12.1 Å². The number of nitrogens with one attached hydrogen (secondary N) is 1. The van der Waals surface area contributed by atoms with Gasteiger partial charge in [0, 0.05) is 24.5 Å². The van der Waals surface area contributed by atoms with Crippen molar-refractivity contribution >= 4 is 5.82 Å². The molecule has 5 nitrogen and oxygen atoms in total. The minimum absolute atomic E-state index is 0.271. The Morgan fingerprint density at radius 1 is 1.23 bits per heavy atom. The van der Waals surface area contributed by atoms with Crippen molar-refractivity contribution in [3.8, 4) is 11.8 Å². The first-order valence-electron chi connectivity index (χ1n) is 7.12. The molecule has 0 aliphatic carbocycles. The molecular weight excluding hydrogens is 276 g/mol. The Hall–Kier alpha value is -2.61. The number of nitriles is 1.